The molecule has 2 atom stereocenters. The first-order valence-electron chi connectivity index (χ1n) is 7.01. The average Bonchev–Trinajstić information content (AvgIpc) is 2.42. The van der Waals surface area contributed by atoms with Crippen molar-refractivity contribution in [2.75, 3.05) is 26.7 Å². The highest BCUT2D eigenvalue weighted by atomic mass is 35.5. The van der Waals surface area contributed by atoms with Crippen molar-refractivity contribution in [3.63, 3.8) is 0 Å². The van der Waals surface area contributed by atoms with Gasteiger partial charge in [0, 0.05) is 19.1 Å². The molecular weight excluding hydrogens is 295 g/mol. The summed E-state index contributed by atoms with van der Waals surface area (Å²) in [6, 6.07) is 6.53. The summed E-state index contributed by atoms with van der Waals surface area (Å²) in [4.78, 5) is 2.46. The van der Waals surface area contributed by atoms with Gasteiger partial charge in [0.15, 0.2) is 0 Å². The Labute approximate surface area is 131 Å². The minimum Gasteiger partial charge on any atom is -0.374 e. The molecule has 2 unspecified atom stereocenters. The number of nitrogens with one attached hydrogen (secondary N) is 1. The first kappa shape index (κ1) is 16.1. The predicted octanol–water partition coefficient (Wildman–Crippen LogP) is 3.36. The Balaban J connectivity index is 2.35. The van der Waals surface area contributed by atoms with E-state index in [0.29, 0.717) is 16.1 Å². The van der Waals surface area contributed by atoms with Gasteiger partial charge >= 0.3 is 0 Å². The summed E-state index contributed by atoms with van der Waals surface area (Å²) in [6.07, 6.45) is 0.119. The monoisotopic (exact) mass is 316 g/mol. The zero-order valence-corrected chi connectivity index (χ0v) is 13.7. The van der Waals surface area contributed by atoms with E-state index in [9.17, 15) is 0 Å². The number of nitrogens with zero attached hydrogens (tertiary/aromatic N) is 1. The molecule has 1 aromatic carbocycles. The van der Waals surface area contributed by atoms with Gasteiger partial charge < -0.3 is 10.1 Å². The zero-order chi connectivity index (χ0) is 14.7. The maximum Gasteiger partial charge on any atom is 0.0896 e. The highest BCUT2D eigenvalue weighted by Gasteiger charge is 2.34. The number of rotatable bonds is 4. The molecule has 1 aliphatic heterocycles. The molecular formula is C15H22Cl2N2O. The van der Waals surface area contributed by atoms with Gasteiger partial charge in [-0.05, 0) is 38.6 Å². The number of halogens is 2. The summed E-state index contributed by atoms with van der Waals surface area (Å²) in [5, 5.41) is 4.40. The molecule has 0 saturated carbocycles. The Morgan fingerprint density at radius 3 is 2.70 bits per heavy atom. The predicted molar refractivity (Wildman–Crippen MR) is 84.7 cm³/mol. The van der Waals surface area contributed by atoms with Crippen LogP contribution in [0.25, 0.3) is 0 Å². The summed E-state index contributed by atoms with van der Waals surface area (Å²) < 4.78 is 5.96. The maximum absolute atomic E-state index is 6.18. The van der Waals surface area contributed by atoms with Crippen LogP contribution in [0, 0.1) is 0 Å². The third-order valence-electron chi connectivity index (χ3n) is 3.74. The Hall–Kier alpha value is -0.320. The van der Waals surface area contributed by atoms with Gasteiger partial charge in [-0.3, -0.25) is 4.90 Å². The molecule has 0 spiro atoms. The Morgan fingerprint density at radius 1 is 1.35 bits per heavy atom. The number of hydrogen-bond donors (Lipinski definition) is 1. The van der Waals surface area contributed by atoms with E-state index in [1.165, 1.54) is 0 Å². The fourth-order valence-corrected chi connectivity index (χ4v) is 3.11. The summed E-state index contributed by atoms with van der Waals surface area (Å²) in [6.45, 7) is 6.94. The van der Waals surface area contributed by atoms with Crippen molar-refractivity contribution >= 4 is 23.2 Å². The van der Waals surface area contributed by atoms with E-state index in [0.717, 1.165) is 25.3 Å². The molecule has 5 heteroatoms. The van der Waals surface area contributed by atoms with Crippen molar-refractivity contribution in [1.82, 2.24) is 10.2 Å². The van der Waals surface area contributed by atoms with Crippen molar-refractivity contribution in [1.29, 1.82) is 0 Å². The van der Waals surface area contributed by atoms with E-state index in [1.54, 1.807) is 0 Å². The second kappa shape index (κ2) is 7.10. The number of ether oxygens (including phenoxy) is 1. The van der Waals surface area contributed by atoms with E-state index >= 15 is 0 Å². The third kappa shape index (κ3) is 3.46. The standard InChI is InChI=1S/C15H22Cl2N2O/c1-10(2)19-6-7-20-14(9-18-3)15(19)11-4-5-12(16)13(17)8-11/h4-5,8,10,14-15,18H,6-7,9H2,1-3H3. The molecule has 1 aromatic rings. The summed E-state index contributed by atoms with van der Waals surface area (Å²) in [5.41, 5.74) is 1.16. The zero-order valence-electron chi connectivity index (χ0n) is 12.2. The third-order valence-corrected chi connectivity index (χ3v) is 4.48. The molecule has 0 aromatic heterocycles. The molecule has 0 bridgehead atoms. The fourth-order valence-electron chi connectivity index (χ4n) is 2.81. The van der Waals surface area contributed by atoms with Gasteiger partial charge in [0.25, 0.3) is 0 Å². The summed E-state index contributed by atoms with van der Waals surface area (Å²) in [5.74, 6) is 0. The van der Waals surface area contributed by atoms with Gasteiger partial charge in [-0.15, -0.1) is 0 Å². The molecule has 0 aliphatic carbocycles. The smallest absolute Gasteiger partial charge is 0.0896 e. The van der Waals surface area contributed by atoms with Crippen LogP contribution in [0.15, 0.2) is 18.2 Å². The van der Waals surface area contributed by atoms with Crippen LogP contribution in [-0.2, 0) is 4.74 Å². The topological polar surface area (TPSA) is 24.5 Å². The number of hydrogen-bond acceptors (Lipinski definition) is 3. The minimum atomic E-state index is 0.119. The molecule has 20 heavy (non-hydrogen) atoms. The quantitative estimate of drug-likeness (QED) is 0.921. The number of benzene rings is 1. The van der Waals surface area contributed by atoms with E-state index in [1.807, 2.05) is 25.2 Å². The molecule has 1 fully saturated rings. The normalized spacial score (nSPS) is 24.3. The van der Waals surface area contributed by atoms with Gasteiger partial charge in [0.2, 0.25) is 0 Å². The van der Waals surface area contributed by atoms with Gasteiger partial charge in [-0.25, -0.2) is 0 Å². The summed E-state index contributed by atoms with van der Waals surface area (Å²) >= 11 is 12.2. The first-order valence-corrected chi connectivity index (χ1v) is 7.77. The largest absolute Gasteiger partial charge is 0.374 e. The molecule has 3 nitrogen and oxygen atoms in total. The highest BCUT2D eigenvalue weighted by Crippen LogP contribution is 2.34. The minimum absolute atomic E-state index is 0.119. The molecule has 112 valence electrons. The fraction of sp³-hybridized carbons (Fsp3) is 0.600. The van der Waals surface area contributed by atoms with Crippen molar-refractivity contribution in [2.45, 2.75) is 32.0 Å². The highest BCUT2D eigenvalue weighted by molar-refractivity contribution is 6.42. The Morgan fingerprint density at radius 2 is 2.10 bits per heavy atom. The van der Waals surface area contributed by atoms with Gasteiger partial charge in [-0.2, -0.15) is 0 Å². The maximum atomic E-state index is 6.18. The van der Waals surface area contributed by atoms with E-state index in [4.69, 9.17) is 27.9 Å². The van der Waals surface area contributed by atoms with Crippen LogP contribution in [0.4, 0.5) is 0 Å². The summed E-state index contributed by atoms with van der Waals surface area (Å²) in [7, 11) is 1.95. The van der Waals surface area contributed by atoms with Crippen LogP contribution in [0.1, 0.15) is 25.5 Å². The van der Waals surface area contributed by atoms with Crippen LogP contribution in [-0.4, -0.2) is 43.8 Å². The first-order chi connectivity index (χ1) is 9.54. The van der Waals surface area contributed by atoms with Crippen LogP contribution in [0.5, 0.6) is 0 Å². The molecule has 1 heterocycles. The second-order valence-corrected chi connectivity index (χ2v) is 6.23. The Kier molecular flexibility index (Phi) is 5.70. The van der Waals surface area contributed by atoms with E-state index < -0.39 is 0 Å². The molecule has 0 radical (unpaired) electrons. The average molecular weight is 317 g/mol. The molecule has 1 aliphatic rings. The lowest BCUT2D eigenvalue weighted by molar-refractivity contribution is -0.0815. The van der Waals surface area contributed by atoms with Crippen LogP contribution >= 0.6 is 23.2 Å². The van der Waals surface area contributed by atoms with Gasteiger partial charge in [-0.1, -0.05) is 29.3 Å². The van der Waals surface area contributed by atoms with Crippen molar-refractivity contribution in [2.24, 2.45) is 0 Å². The second-order valence-electron chi connectivity index (χ2n) is 5.42. The van der Waals surface area contributed by atoms with Crippen molar-refractivity contribution in [3.8, 4) is 0 Å². The van der Waals surface area contributed by atoms with E-state index in [-0.39, 0.29) is 12.1 Å². The van der Waals surface area contributed by atoms with Gasteiger partial charge in [0.1, 0.15) is 0 Å². The molecule has 1 saturated heterocycles. The lowest BCUT2D eigenvalue weighted by Crippen LogP contribution is -2.51. The van der Waals surface area contributed by atoms with E-state index in [2.05, 4.69) is 24.1 Å². The van der Waals surface area contributed by atoms with Crippen LogP contribution in [0.3, 0.4) is 0 Å². The van der Waals surface area contributed by atoms with Crippen LogP contribution in [0.2, 0.25) is 10.0 Å². The SMILES string of the molecule is CNCC1OCCN(C(C)C)C1c1ccc(Cl)c(Cl)c1. The van der Waals surface area contributed by atoms with Crippen LogP contribution < -0.4 is 5.32 Å². The van der Waals surface area contributed by atoms with Gasteiger partial charge in [0.05, 0.1) is 28.8 Å². The number of likely N-dealkylation sites (N-methyl/N-ethyl adjacent to an activating group) is 1. The number of morpholine rings is 1. The lowest BCUT2D eigenvalue weighted by atomic mass is 9.96. The molecule has 1 N–H and O–H groups in total. The van der Waals surface area contributed by atoms with Crippen molar-refractivity contribution in [3.05, 3.63) is 33.8 Å². The molecule has 0 amide bonds. The lowest BCUT2D eigenvalue weighted by Gasteiger charge is -2.43. The molecule has 2 rings (SSSR count). The Bertz CT molecular complexity index is 451. The van der Waals surface area contributed by atoms with Crippen molar-refractivity contribution < 1.29 is 4.74 Å².